The Morgan fingerprint density at radius 2 is 1.50 bits per heavy atom. The first-order valence-corrected chi connectivity index (χ1v) is 13.2. The van der Waals surface area contributed by atoms with Crippen LogP contribution in [0.15, 0.2) is 54.7 Å². The summed E-state index contributed by atoms with van der Waals surface area (Å²) in [5.41, 5.74) is 4.16. The van der Waals surface area contributed by atoms with Crippen LogP contribution in [-0.4, -0.2) is 73.1 Å². The maximum absolute atomic E-state index is 5.57. The average Bonchev–Trinajstić information content (AvgIpc) is 3.42. The molecule has 1 aromatic heterocycles. The molecule has 0 radical (unpaired) electrons. The number of aromatic nitrogens is 2. The Balaban J connectivity index is 1.25. The van der Waals surface area contributed by atoms with Gasteiger partial charge in [0.05, 0.1) is 31.5 Å². The molecule has 0 bridgehead atoms. The van der Waals surface area contributed by atoms with Crippen LogP contribution < -0.4 is 14.8 Å². The fraction of sp³-hybridized carbons (Fsp3) is 0.483. The number of piperazine rings is 1. The molecular formula is C29H39N5O2. The average molecular weight is 490 g/mol. The fourth-order valence-electron chi connectivity index (χ4n) is 5.71. The lowest BCUT2D eigenvalue weighted by Crippen LogP contribution is -2.49. The second-order valence-corrected chi connectivity index (χ2v) is 10.0. The quantitative estimate of drug-likeness (QED) is 0.485. The minimum Gasteiger partial charge on any atom is -0.496 e. The Kier molecular flexibility index (Phi) is 7.78. The molecule has 1 aliphatic heterocycles. The zero-order valence-electron chi connectivity index (χ0n) is 21.8. The maximum Gasteiger partial charge on any atom is 0.127 e. The number of benzene rings is 2. The number of rotatable bonds is 8. The van der Waals surface area contributed by atoms with Crippen molar-refractivity contribution in [2.45, 2.75) is 44.3 Å². The number of anilines is 1. The summed E-state index contributed by atoms with van der Waals surface area (Å²) in [5.74, 6) is 1.63. The minimum atomic E-state index is 0.487. The molecule has 5 rings (SSSR count). The monoisotopic (exact) mass is 489 g/mol. The van der Waals surface area contributed by atoms with E-state index in [0.717, 1.165) is 40.0 Å². The van der Waals surface area contributed by atoms with Crippen LogP contribution in [0.4, 0.5) is 5.69 Å². The highest BCUT2D eigenvalue weighted by Gasteiger charge is 2.28. The van der Waals surface area contributed by atoms with Crippen molar-refractivity contribution in [3.63, 3.8) is 0 Å². The summed E-state index contributed by atoms with van der Waals surface area (Å²) in [4.78, 5) is 5.15. The molecule has 7 nitrogen and oxygen atoms in total. The summed E-state index contributed by atoms with van der Waals surface area (Å²) in [6, 6.07) is 17.6. The number of methoxy groups -OCH3 is 2. The van der Waals surface area contributed by atoms with Gasteiger partial charge in [-0.05, 0) is 57.0 Å². The van der Waals surface area contributed by atoms with Gasteiger partial charge in [0.2, 0.25) is 0 Å². The number of likely N-dealkylation sites (N-methyl/N-ethyl adjacent to an activating group) is 1. The van der Waals surface area contributed by atoms with Crippen LogP contribution >= 0.6 is 0 Å². The zero-order chi connectivity index (χ0) is 24.9. The summed E-state index contributed by atoms with van der Waals surface area (Å²) >= 11 is 0. The second kappa shape index (κ2) is 11.4. The third-order valence-corrected chi connectivity index (χ3v) is 7.89. The van der Waals surface area contributed by atoms with Crippen molar-refractivity contribution in [3.05, 3.63) is 60.3 Å². The predicted octanol–water partition coefficient (Wildman–Crippen LogP) is 4.91. The lowest BCUT2D eigenvalue weighted by Gasteiger charge is -2.41. The van der Waals surface area contributed by atoms with Crippen molar-refractivity contribution < 1.29 is 9.47 Å². The number of para-hydroxylation sites is 1. The van der Waals surface area contributed by atoms with E-state index >= 15 is 0 Å². The Morgan fingerprint density at radius 1 is 0.833 bits per heavy atom. The first-order valence-electron chi connectivity index (χ1n) is 13.2. The van der Waals surface area contributed by atoms with Crippen LogP contribution in [0.5, 0.6) is 11.5 Å². The van der Waals surface area contributed by atoms with E-state index in [-0.39, 0.29) is 0 Å². The van der Waals surface area contributed by atoms with Crippen molar-refractivity contribution in [3.8, 4) is 22.8 Å². The van der Waals surface area contributed by atoms with Gasteiger partial charge in [0, 0.05) is 56.2 Å². The van der Waals surface area contributed by atoms with Gasteiger partial charge < -0.3 is 19.7 Å². The highest BCUT2D eigenvalue weighted by atomic mass is 16.5. The van der Waals surface area contributed by atoms with Gasteiger partial charge in [0.25, 0.3) is 0 Å². The maximum atomic E-state index is 5.57. The molecule has 36 heavy (non-hydrogen) atoms. The molecule has 192 valence electrons. The van der Waals surface area contributed by atoms with Crippen LogP contribution in [0.1, 0.15) is 37.3 Å². The van der Waals surface area contributed by atoms with E-state index in [1.165, 1.54) is 51.9 Å². The van der Waals surface area contributed by atoms with Gasteiger partial charge in [0.1, 0.15) is 11.5 Å². The molecule has 2 aliphatic rings. The van der Waals surface area contributed by atoms with Crippen LogP contribution in [-0.2, 0) is 6.54 Å². The van der Waals surface area contributed by atoms with E-state index in [2.05, 4.69) is 63.4 Å². The number of hydrogen-bond acceptors (Lipinski definition) is 6. The molecule has 2 fully saturated rings. The molecule has 2 aromatic carbocycles. The molecule has 1 aliphatic carbocycles. The summed E-state index contributed by atoms with van der Waals surface area (Å²) in [6.07, 6.45) is 7.10. The first-order chi connectivity index (χ1) is 17.7. The highest BCUT2D eigenvalue weighted by molar-refractivity contribution is 5.75. The topological polar surface area (TPSA) is 54.8 Å². The Morgan fingerprint density at radius 3 is 2.19 bits per heavy atom. The van der Waals surface area contributed by atoms with E-state index in [4.69, 9.17) is 14.6 Å². The molecule has 0 amide bonds. The van der Waals surface area contributed by atoms with Crippen molar-refractivity contribution in [2.75, 3.05) is 52.8 Å². The van der Waals surface area contributed by atoms with Crippen LogP contribution in [0, 0.1) is 0 Å². The minimum absolute atomic E-state index is 0.487. The largest absolute Gasteiger partial charge is 0.496 e. The third kappa shape index (κ3) is 5.37. The number of ether oxygens (including phenoxy) is 2. The third-order valence-electron chi connectivity index (χ3n) is 7.89. The molecule has 0 atom stereocenters. The molecule has 3 aromatic rings. The Labute approximate surface area is 215 Å². The van der Waals surface area contributed by atoms with Crippen LogP contribution in [0.2, 0.25) is 0 Å². The van der Waals surface area contributed by atoms with Crippen molar-refractivity contribution in [1.82, 2.24) is 19.6 Å². The van der Waals surface area contributed by atoms with Gasteiger partial charge in [-0.3, -0.25) is 9.58 Å². The first kappa shape index (κ1) is 24.7. The van der Waals surface area contributed by atoms with Crippen molar-refractivity contribution in [2.24, 2.45) is 0 Å². The molecule has 1 N–H and O–H groups in total. The van der Waals surface area contributed by atoms with Crippen molar-refractivity contribution >= 4 is 5.69 Å². The molecule has 0 unspecified atom stereocenters. The van der Waals surface area contributed by atoms with E-state index in [0.29, 0.717) is 12.6 Å². The van der Waals surface area contributed by atoms with Crippen LogP contribution in [0.25, 0.3) is 11.3 Å². The van der Waals surface area contributed by atoms with Gasteiger partial charge in [-0.25, -0.2) is 0 Å². The van der Waals surface area contributed by atoms with Gasteiger partial charge >= 0.3 is 0 Å². The standard InChI is InChI=1S/C29H39N5O2/c1-32-17-19-33(20-18-32)22-11-13-23(14-12-22)34-16-15-27(31-34)24-7-4-5-8-26(24)30-21-25-28(35-2)9-6-10-29(25)36-3/h4-10,15-16,22-23,30H,11-14,17-21H2,1-3H3. The summed E-state index contributed by atoms with van der Waals surface area (Å²) in [7, 11) is 5.61. The predicted molar refractivity (Wildman–Crippen MR) is 145 cm³/mol. The van der Waals surface area contributed by atoms with E-state index < -0.39 is 0 Å². The molecule has 1 saturated heterocycles. The fourth-order valence-corrected chi connectivity index (χ4v) is 5.71. The van der Waals surface area contributed by atoms with Gasteiger partial charge in [-0.2, -0.15) is 5.10 Å². The van der Waals surface area contributed by atoms with Crippen molar-refractivity contribution in [1.29, 1.82) is 0 Å². The smallest absolute Gasteiger partial charge is 0.127 e. The van der Waals surface area contributed by atoms with Crippen LogP contribution in [0.3, 0.4) is 0 Å². The number of hydrogen-bond donors (Lipinski definition) is 1. The van der Waals surface area contributed by atoms with E-state index in [9.17, 15) is 0 Å². The molecular weight excluding hydrogens is 450 g/mol. The normalized spacial score (nSPS) is 21.3. The van der Waals surface area contributed by atoms with Gasteiger partial charge in [-0.1, -0.05) is 24.3 Å². The lowest BCUT2D eigenvalue weighted by molar-refractivity contribution is 0.0811. The SMILES string of the molecule is COc1cccc(OC)c1CNc1ccccc1-c1ccn(C2CCC(N3CCN(C)CC3)CC2)n1. The molecule has 0 spiro atoms. The van der Waals surface area contributed by atoms with Gasteiger partial charge in [0.15, 0.2) is 0 Å². The second-order valence-electron chi connectivity index (χ2n) is 10.0. The Bertz CT molecular complexity index is 1110. The lowest BCUT2D eigenvalue weighted by atomic mass is 9.90. The van der Waals surface area contributed by atoms with Gasteiger partial charge in [-0.15, -0.1) is 0 Å². The number of nitrogens with one attached hydrogen (secondary N) is 1. The van der Waals surface area contributed by atoms with E-state index in [1.807, 2.05) is 18.2 Å². The summed E-state index contributed by atoms with van der Waals surface area (Å²) in [6.45, 7) is 5.41. The molecule has 2 heterocycles. The highest BCUT2D eigenvalue weighted by Crippen LogP contribution is 2.34. The molecule has 1 saturated carbocycles. The zero-order valence-corrected chi connectivity index (χ0v) is 21.8. The summed E-state index contributed by atoms with van der Waals surface area (Å²) in [5, 5.41) is 8.64. The Hall–Kier alpha value is -3.03. The number of nitrogens with zero attached hydrogens (tertiary/aromatic N) is 4. The molecule has 7 heteroatoms. The summed E-state index contributed by atoms with van der Waals surface area (Å²) < 4.78 is 13.3. The van der Waals surface area contributed by atoms with E-state index in [1.54, 1.807) is 14.2 Å².